The molecule has 2 unspecified atom stereocenters. The first-order chi connectivity index (χ1) is 29.3. The zero-order valence-corrected chi connectivity index (χ0v) is 36.0. The van der Waals surface area contributed by atoms with Crippen molar-refractivity contribution in [2.45, 2.75) is 91.9 Å². The fourth-order valence-electron chi connectivity index (χ4n) is 6.32. The maximum absolute atomic E-state index is 13.0. The van der Waals surface area contributed by atoms with Crippen molar-refractivity contribution in [1.29, 1.82) is 0 Å². The van der Waals surface area contributed by atoms with Crippen LogP contribution < -0.4 is 18.9 Å². The average molecular weight is 807 g/mol. The Bertz CT molecular complexity index is 1940. The minimum absolute atomic E-state index is 0.364. The molecule has 0 saturated heterocycles. The monoisotopic (exact) mass is 806 g/mol. The Morgan fingerprint density at radius 2 is 1.00 bits per heavy atom. The lowest BCUT2D eigenvalue weighted by Gasteiger charge is -2.11. The summed E-state index contributed by atoms with van der Waals surface area (Å²) >= 11 is 0. The van der Waals surface area contributed by atoms with Gasteiger partial charge in [-0.3, -0.25) is 9.98 Å². The summed E-state index contributed by atoms with van der Waals surface area (Å²) < 4.78 is 23.5. The van der Waals surface area contributed by atoms with E-state index in [9.17, 15) is 4.79 Å². The van der Waals surface area contributed by atoms with Crippen molar-refractivity contribution in [3.63, 3.8) is 0 Å². The summed E-state index contributed by atoms with van der Waals surface area (Å²) in [4.78, 5) is 22.2. The van der Waals surface area contributed by atoms with Gasteiger partial charge < -0.3 is 18.9 Å². The molecule has 0 N–H and O–H groups in total. The summed E-state index contributed by atoms with van der Waals surface area (Å²) in [5, 5.41) is 0. The van der Waals surface area contributed by atoms with Gasteiger partial charge in [0.25, 0.3) is 0 Å². The molecular weight excluding hydrogens is 745 g/mol. The molecule has 0 spiro atoms. The van der Waals surface area contributed by atoms with Crippen molar-refractivity contribution in [1.82, 2.24) is 0 Å². The lowest BCUT2D eigenvalue weighted by Crippen LogP contribution is -2.08. The summed E-state index contributed by atoms with van der Waals surface area (Å²) in [7, 11) is 0. The number of unbranched alkanes of at least 4 members (excludes halogenated alkanes) is 4. The quantitative estimate of drug-likeness (QED) is 0.0193. The van der Waals surface area contributed by atoms with Gasteiger partial charge in [-0.05, 0) is 109 Å². The predicted octanol–water partition coefficient (Wildman–Crippen LogP) is 14.4. The van der Waals surface area contributed by atoms with Crippen molar-refractivity contribution in [3.8, 4) is 23.0 Å². The Kier molecular flexibility index (Phi) is 18.7. The first-order valence-corrected chi connectivity index (χ1v) is 21.7. The zero-order chi connectivity index (χ0) is 42.4. The number of aliphatic imine (C=N–C) groups is 2. The van der Waals surface area contributed by atoms with E-state index in [1.165, 1.54) is 51.4 Å². The second-order valence-electron chi connectivity index (χ2n) is 15.6. The lowest BCUT2D eigenvalue weighted by molar-refractivity contribution is 0.0734. The van der Waals surface area contributed by atoms with Gasteiger partial charge in [0.1, 0.15) is 28.8 Å². The van der Waals surface area contributed by atoms with Gasteiger partial charge >= 0.3 is 5.97 Å². The Balaban J connectivity index is 1.02. The molecule has 0 aromatic heterocycles. The molecule has 0 fully saturated rings. The van der Waals surface area contributed by atoms with Crippen molar-refractivity contribution in [2.24, 2.45) is 21.8 Å². The first kappa shape index (κ1) is 45.1. The molecule has 0 aliphatic rings. The van der Waals surface area contributed by atoms with Gasteiger partial charge in [0.15, 0.2) is 0 Å². The van der Waals surface area contributed by atoms with E-state index in [1.54, 1.807) is 42.6 Å². The highest BCUT2D eigenvalue weighted by molar-refractivity contribution is 5.92. The second kappa shape index (κ2) is 24.9. The summed E-state index contributed by atoms with van der Waals surface area (Å²) in [6.07, 6.45) is 15.8. The highest BCUT2D eigenvalue weighted by Crippen LogP contribution is 2.26. The third-order valence-electron chi connectivity index (χ3n) is 10.6. The number of hydrogen-bond acceptors (Lipinski definition) is 7. The Hall–Kier alpha value is -5.95. The van der Waals surface area contributed by atoms with Crippen LogP contribution in [0.15, 0.2) is 138 Å². The van der Waals surface area contributed by atoms with E-state index < -0.39 is 5.97 Å². The van der Waals surface area contributed by atoms with E-state index in [1.807, 2.05) is 91.1 Å². The third-order valence-corrected chi connectivity index (χ3v) is 10.6. The van der Waals surface area contributed by atoms with Crippen LogP contribution in [0.2, 0.25) is 0 Å². The van der Waals surface area contributed by atoms with Crippen LogP contribution in [0, 0.1) is 11.8 Å². The van der Waals surface area contributed by atoms with E-state index in [0.29, 0.717) is 22.8 Å². The molecule has 5 aromatic carbocycles. The fraction of sp³-hybridized carbons (Fsp3) is 0.340. The predicted molar refractivity (Wildman–Crippen MR) is 248 cm³/mol. The first-order valence-electron chi connectivity index (χ1n) is 21.7. The number of benzene rings is 5. The molecule has 0 aliphatic heterocycles. The van der Waals surface area contributed by atoms with E-state index in [-0.39, 0.29) is 0 Å². The highest BCUT2D eigenvalue weighted by Gasteiger charge is 2.11. The van der Waals surface area contributed by atoms with Crippen LogP contribution in [-0.4, -0.2) is 31.6 Å². The largest absolute Gasteiger partial charge is 0.494 e. The molecule has 7 nitrogen and oxygen atoms in total. The number of carbonyl (C=O) groups is 1. The Labute approximate surface area is 358 Å². The molecule has 0 heterocycles. The molecule has 5 aromatic rings. The van der Waals surface area contributed by atoms with Crippen LogP contribution in [0.1, 0.15) is 119 Å². The van der Waals surface area contributed by atoms with Crippen LogP contribution in [0.3, 0.4) is 0 Å². The summed E-state index contributed by atoms with van der Waals surface area (Å²) in [6.45, 7) is 14.7. The zero-order valence-electron chi connectivity index (χ0n) is 36.0. The van der Waals surface area contributed by atoms with Gasteiger partial charge in [0.05, 0.1) is 30.2 Å². The number of carbonyl (C=O) groups excluding carboxylic acids is 1. The second-order valence-corrected chi connectivity index (χ2v) is 15.6. The van der Waals surface area contributed by atoms with Gasteiger partial charge in [0.2, 0.25) is 0 Å². The van der Waals surface area contributed by atoms with Gasteiger partial charge in [-0.2, -0.15) is 0 Å². The molecule has 0 bridgehead atoms. The maximum Gasteiger partial charge on any atom is 0.343 e. The summed E-state index contributed by atoms with van der Waals surface area (Å²) in [5.41, 5.74) is 4.73. The number of hydrogen-bond donors (Lipinski definition) is 0. The Morgan fingerprint density at radius 1 is 0.550 bits per heavy atom. The van der Waals surface area contributed by atoms with E-state index in [2.05, 4.69) is 44.3 Å². The molecule has 5 rings (SSSR count). The summed E-state index contributed by atoms with van der Waals surface area (Å²) in [6, 6.07) is 37.5. The summed E-state index contributed by atoms with van der Waals surface area (Å²) in [5.74, 6) is 4.20. The minimum atomic E-state index is -0.472. The normalized spacial score (nSPS) is 12.3. The van der Waals surface area contributed by atoms with Gasteiger partial charge in [-0.1, -0.05) is 128 Å². The molecule has 60 heavy (non-hydrogen) atoms. The topological polar surface area (TPSA) is 78.7 Å². The minimum Gasteiger partial charge on any atom is -0.494 e. The van der Waals surface area contributed by atoms with Crippen molar-refractivity contribution < 1.29 is 23.7 Å². The molecular formula is C53H62N2O5. The molecule has 0 saturated carbocycles. The molecule has 7 heteroatoms. The fourth-order valence-corrected chi connectivity index (χ4v) is 6.32. The lowest BCUT2D eigenvalue weighted by atomic mass is 10.0. The van der Waals surface area contributed by atoms with E-state index in [0.717, 1.165) is 77.5 Å². The van der Waals surface area contributed by atoms with Gasteiger partial charge in [0, 0.05) is 24.1 Å². The average Bonchev–Trinajstić information content (AvgIpc) is 3.28. The smallest absolute Gasteiger partial charge is 0.343 e. The van der Waals surface area contributed by atoms with E-state index in [4.69, 9.17) is 18.9 Å². The number of esters is 1. The standard InChI is InChI=1S/C53H62N2O5/c1-6-40(3)15-10-8-12-35-57-49-31-27-47(28-32-49)54-38-43-19-23-45(24-20-43)42(5)59-51-17-14-18-52(37-51)60-53(56)46-25-21-44(22-26-46)39-55-48-29-33-50(34-30-48)58-36-13-9-11-16-41(4)7-2/h14,17-34,37-41H,5-13,15-16,35-36H2,1-4H3. The number of ether oxygens (including phenoxy) is 4. The van der Waals surface area contributed by atoms with Crippen LogP contribution in [0.25, 0.3) is 5.76 Å². The van der Waals surface area contributed by atoms with Crippen molar-refractivity contribution in [2.75, 3.05) is 13.2 Å². The Morgan fingerprint density at radius 3 is 1.47 bits per heavy atom. The SMILES string of the molecule is C=C(Oc1cccc(OC(=O)c2ccc(C=Nc3ccc(OCCCCCC(C)CC)cc3)cc2)c1)c1ccc(C=Nc2ccc(OCCCCCC(C)CC)cc2)cc1. The molecule has 0 radical (unpaired) electrons. The highest BCUT2D eigenvalue weighted by atomic mass is 16.5. The molecule has 0 aliphatic carbocycles. The molecule has 314 valence electrons. The van der Waals surface area contributed by atoms with E-state index >= 15 is 0 Å². The van der Waals surface area contributed by atoms with Gasteiger partial charge in [-0.25, -0.2) is 4.79 Å². The number of nitrogens with zero attached hydrogens (tertiary/aromatic N) is 2. The van der Waals surface area contributed by atoms with Crippen molar-refractivity contribution in [3.05, 3.63) is 150 Å². The van der Waals surface area contributed by atoms with Gasteiger partial charge in [-0.15, -0.1) is 0 Å². The van der Waals surface area contributed by atoms with Crippen molar-refractivity contribution >= 4 is 35.5 Å². The molecule has 2 atom stereocenters. The van der Waals surface area contributed by atoms with Crippen LogP contribution in [0.4, 0.5) is 11.4 Å². The van der Waals surface area contributed by atoms with Crippen LogP contribution in [-0.2, 0) is 0 Å². The van der Waals surface area contributed by atoms with Crippen LogP contribution in [0.5, 0.6) is 23.0 Å². The number of rotatable bonds is 25. The van der Waals surface area contributed by atoms with Crippen LogP contribution >= 0.6 is 0 Å². The molecule has 0 amide bonds. The maximum atomic E-state index is 13.0. The third kappa shape index (κ3) is 16.0.